The van der Waals surface area contributed by atoms with Crippen molar-refractivity contribution in [2.24, 2.45) is 0 Å². The fraction of sp³-hybridized carbons (Fsp3) is 0.533. The van der Waals surface area contributed by atoms with Gasteiger partial charge < -0.3 is 15.2 Å². The van der Waals surface area contributed by atoms with Crippen molar-refractivity contribution in [1.29, 1.82) is 0 Å². The van der Waals surface area contributed by atoms with Crippen LogP contribution in [0, 0.1) is 11.6 Å². The van der Waals surface area contributed by atoms with Crippen LogP contribution in [0.1, 0.15) is 12.5 Å². The molecule has 1 atom stereocenters. The van der Waals surface area contributed by atoms with E-state index in [9.17, 15) is 18.7 Å². The van der Waals surface area contributed by atoms with E-state index in [-0.39, 0.29) is 24.6 Å². The Kier molecular flexibility index (Phi) is 5.44. The molecular formula is C15H20F2N2O3. The first kappa shape index (κ1) is 16.8. The van der Waals surface area contributed by atoms with Gasteiger partial charge in [0, 0.05) is 24.7 Å². The molecule has 0 saturated carbocycles. The first-order valence-corrected chi connectivity index (χ1v) is 7.13. The fourth-order valence-electron chi connectivity index (χ4n) is 2.31. The molecule has 1 aromatic carbocycles. The van der Waals surface area contributed by atoms with Crippen molar-refractivity contribution in [2.45, 2.75) is 12.5 Å². The second-order valence-corrected chi connectivity index (χ2v) is 5.56. The molecule has 1 unspecified atom stereocenters. The zero-order chi connectivity index (χ0) is 16.2. The lowest BCUT2D eigenvalue weighted by Crippen LogP contribution is -2.46. The van der Waals surface area contributed by atoms with E-state index in [0.717, 1.165) is 6.07 Å². The summed E-state index contributed by atoms with van der Waals surface area (Å²) < 4.78 is 31.8. The van der Waals surface area contributed by atoms with Crippen molar-refractivity contribution in [1.82, 2.24) is 10.2 Å². The Labute approximate surface area is 127 Å². The molecule has 1 heterocycles. The van der Waals surface area contributed by atoms with Gasteiger partial charge in [-0.3, -0.25) is 9.69 Å². The van der Waals surface area contributed by atoms with Gasteiger partial charge in [-0.2, -0.15) is 0 Å². The summed E-state index contributed by atoms with van der Waals surface area (Å²) in [6.45, 7) is 3.95. The molecular weight excluding hydrogens is 294 g/mol. The summed E-state index contributed by atoms with van der Waals surface area (Å²) in [5.74, 6) is -1.81. The molecule has 122 valence electrons. The van der Waals surface area contributed by atoms with Crippen LogP contribution >= 0.6 is 0 Å². The van der Waals surface area contributed by atoms with Crippen molar-refractivity contribution in [2.75, 3.05) is 39.4 Å². The van der Waals surface area contributed by atoms with Crippen LogP contribution < -0.4 is 5.32 Å². The van der Waals surface area contributed by atoms with Gasteiger partial charge in [-0.25, -0.2) is 8.78 Å². The monoisotopic (exact) mass is 314 g/mol. The number of hydrogen-bond donors (Lipinski definition) is 2. The highest BCUT2D eigenvalue weighted by Crippen LogP contribution is 2.23. The zero-order valence-corrected chi connectivity index (χ0v) is 12.4. The van der Waals surface area contributed by atoms with E-state index >= 15 is 0 Å². The van der Waals surface area contributed by atoms with Crippen molar-refractivity contribution in [3.05, 3.63) is 35.4 Å². The van der Waals surface area contributed by atoms with Crippen LogP contribution in [0.4, 0.5) is 8.78 Å². The average Bonchev–Trinajstić information content (AvgIpc) is 2.46. The van der Waals surface area contributed by atoms with Gasteiger partial charge in [-0.05, 0) is 13.0 Å². The lowest BCUT2D eigenvalue weighted by atomic mass is 9.95. The minimum absolute atomic E-state index is 0.0550. The molecule has 1 aliphatic rings. The van der Waals surface area contributed by atoms with Gasteiger partial charge in [-0.1, -0.05) is 6.07 Å². The lowest BCUT2D eigenvalue weighted by molar-refractivity contribution is -0.124. The highest BCUT2D eigenvalue weighted by Gasteiger charge is 2.27. The van der Waals surface area contributed by atoms with Crippen LogP contribution in [0.3, 0.4) is 0 Å². The van der Waals surface area contributed by atoms with Crippen LogP contribution in [0.15, 0.2) is 18.2 Å². The Morgan fingerprint density at radius 1 is 1.41 bits per heavy atom. The number of carbonyl (C=O) groups is 1. The second-order valence-electron chi connectivity index (χ2n) is 5.56. The van der Waals surface area contributed by atoms with Crippen LogP contribution in [0.25, 0.3) is 0 Å². The molecule has 0 radical (unpaired) electrons. The molecule has 1 fully saturated rings. The topological polar surface area (TPSA) is 61.8 Å². The summed E-state index contributed by atoms with van der Waals surface area (Å²) >= 11 is 0. The summed E-state index contributed by atoms with van der Waals surface area (Å²) in [6, 6.07) is 2.96. The predicted octanol–water partition coefficient (Wildman–Crippen LogP) is 0.621. The number of halogens is 2. The molecule has 1 saturated heterocycles. The fourth-order valence-corrected chi connectivity index (χ4v) is 2.31. The van der Waals surface area contributed by atoms with Crippen LogP contribution in [-0.2, 0) is 15.1 Å². The molecule has 0 aliphatic carbocycles. The van der Waals surface area contributed by atoms with Crippen LogP contribution in [-0.4, -0.2) is 55.3 Å². The van der Waals surface area contributed by atoms with Crippen molar-refractivity contribution in [3.8, 4) is 0 Å². The van der Waals surface area contributed by atoms with E-state index < -0.39 is 17.2 Å². The Morgan fingerprint density at radius 2 is 2.09 bits per heavy atom. The molecule has 0 bridgehead atoms. The first-order chi connectivity index (χ1) is 10.4. The Morgan fingerprint density at radius 3 is 2.73 bits per heavy atom. The van der Waals surface area contributed by atoms with Gasteiger partial charge in [0.25, 0.3) is 0 Å². The number of nitrogens with one attached hydrogen (secondary N) is 1. The standard InChI is InChI=1S/C15H20F2N2O3/c1-15(21,12-3-2-11(16)8-13(12)17)10-18-14(20)9-19-4-6-22-7-5-19/h2-3,8,21H,4-7,9-10H2,1H3,(H,18,20). The average molecular weight is 314 g/mol. The summed E-state index contributed by atoms with van der Waals surface area (Å²) in [5, 5.41) is 12.9. The molecule has 0 spiro atoms. The number of aliphatic hydroxyl groups is 1. The van der Waals surface area contributed by atoms with Crippen molar-refractivity contribution < 1.29 is 23.4 Å². The summed E-state index contributed by atoms with van der Waals surface area (Å²) in [7, 11) is 0. The zero-order valence-electron chi connectivity index (χ0n) is 12.4. The maximum atomic E-state index is 13.7. The second kappa shape index (κ2) is 7.13. The Balaban J connectivity index is 1.89. The van der Waals surface area contributed by atoms with Crippen molar-refractivity contribution >= 4 is 5.91 Å². The summed E-state index contributed by atoms with van der Waals surface area (Å²) in [5.41, 5.74) is -1.67. The third kappa shape index (κ3) is 4.46. The molecule has 7 heteroatoms. The number of hydrogen-bond acceptors (Lipinski definition) is 4. The Bertz CT molecular complexity index is 532. The molecule has 2 rings (SSSR count). The SMILES string of the molecule is CC(O)(CNC(=O)CN1CCOCC1)c1ccc(F)cc1F. The maximum absolute atomic E-state index is 13.7. The largest absolute Gasteiger partial charge is 0.383 e. The molecule has 22 heavy (non-hydrogen) atoms. The number of benzene rings is 1. The van der Waals surface area contributed by atoms with Gasteiger partial charge >= 0.3 is 0 Å². The van der Waals surface area contributed by atoms with Gasteiger partial charge in [0.05, 0.1) is 26.3 Å². The third-order valence-corrected chi connectivity index (χ3v) is 3.61. The van der Waals surface area contributed by atoms with E-state index in [2.05, 4.69) is 5.32 Å². The molecule has 1 amide bonds. The van der Waals surface area contributed by atoms with E-state index in [1.54, 1.807) is 0 Å². The number of ether oxygens (including phenoxy) is 1. The summed E-state index contributed by atoms with van der Waals surface area (Å²) in [4.78, 5) is 13.8. The van der Waals surface area contributed by atoms with Gasteiger partial charge in [-0.15, -0.1) is 0 Å². The molecule has 1 aliphatic heterocycles. The normalized spacial score (nSPS) is 18.7. The number of rotatable bonds is 5. The molecule has 0 aromatic heterocycles. The maximum Gasteiger partial charge on any atom is 0.234 e. The van der Waals surface area contributed by atoms with Crippen molar-refractivity contribution in [3.63, 3.8) is 0 Å². The van der Waals surface area contributed by atoms with E-state index in [4.69, 9.17) is 4.74 Å². The summed E-state index contributed by atoms with van der Waals surface area (Å²) in [6.07, 6.45) is 0. The molecule has 5 nitrogen and oxygen atoms in total. The highest BCUT2D eigenvalue weighted by molar-refractivity contribution is 5.78. The molecule has 1 aromatic rings. The first-order valence-electron chi connectivity index (χ1n) is 7.13. The van der Waals surface area contributed by atoms with Gasteiger partial charge in [0.15, 0.2) is 0 Å². The van der Waals surface area contributed by atoms with E-state index in [1.807, 2.05) is 4.90 Å². The number of nitrogens with zero attached hydrogens (tertiary/aromatic N) is 1. The molecule has 2 N–H and O–H groups in total. The highest BCUT2D eigenvalue weighted by atomic mass is 19.1. The minimum atomic E-state index is -1.61. The van der Waals surface area contributed by atoms with Gasteiger partial charge in [0.2, 0.25) is 5.91 Å². The van der Waals surface area contributed by atoms with Gasteiger partial charge in [0.1, 0.15) is 17.2 Å². The Hall–Kier alpha value is -1.57. The van der Waals surface area contributed by atoms with E-state index in [0.29, 0.717) is 32.4 Å². The minimum Gasteiger partial charge on any atom is -0.383 e. The number of carbonyl (C=O) groups excluding carboxylic acids is 1. The predicted molar refractivity (Wildman–Crippen MR) is 76.2 cm³/mol. The third-order valence-electron chi connectivity index (χ3n) is 3.61. The van der Waals surface area contributed by atoms with Crippen LogP contribution in [0.2, 0.25) is 0 Å². The van der Waals surface area contributed by atoms with Crippen LogP contribution in [0.5, 0.6) is 0 Å². The van der Waals surface area contributed by atoms with E-state index in [1.165, 1.54) is 13.0 Å². The number of amides is 1. The number of morpholine rings is 1. The quantitative estimate of drug-likeness (QED) is 0.836. The smallest absolute Gasteiger partial charge is 0.234 e. The lowest BCUT2D eigenvalue weighted by Gasteiger charge is -2.28.